The second-order valence-corrected chi connectivity index (χ2v) is 9.42. The van der Waals surface area contributed by atoms with Crippen molar-refractivity contribution in [1.82, 2.24) is 15.1 Å². The monoisotopic (exact) mass is 500 g/mol. The standard InChI is InChI=1S/C25H28N4O3S.ClH/c1-16(2)32-23-6-5-20(12-21(23)13-26)25-28-27-24(33-25)19-4-3-17-7-9-29(22(14-30)15-31)10-8-18(17)11-19;/h3-6,11-12,16,22,30-31H,7-10,14-15H2,1-2H3;1H. The van der Waals surface area contributed by atoms with Gasteiger partial charge in [-0.3, -0.25) is 4.90 Å². The molecule has 0 fully saturated rings. The first-order valence-corrected chi connectivity index (χ1v) is 12.0. The van der Waals surface area contributed by atoms with Crippen LogP contribution in [0.2, 0.25) is 0 Å². The van der Waals surface area contributed by atoms with E-state index in [1.807, 2.05) is 26.0 Å². The molecule has 0 spiro atoms. The van der Waals surface area contributed by atoms with E-state index in [2.05, 4.69) is 39.4 Å². The van der Waals surface area contributed by atoms with E-state index in [1.54, 1.807) is 6.07 Å². The van der Waals surface area contributed by atoms with Crippen LogP contribution in [0, 0.1) is 11.3 Å². The van der Waals surface area contributed by atoms with Gasteiger partial charge in [-0.1, -0.05) is 23.5 Å². The zero-order chi connectivity index (χ0) is 23.4. The highest BCUT2D eigenvalue weighted by atomic mass is 35.5. The molecule has 2 heterocycles. The van der Waals surface area contributed by atoms with Gasteiger partial charge in [-0.2, -0.15) is 5.26 Å². The summed E-state index contributed by atoms with van der Waals surface area (Å²) < 4.78 is 5.71. The second-order valence-electron chi connectivity index (χ2n) is 8.44. The maximum atomic E-state index is 9.52. The Labute approximate surface area is 210 Å². The highest BCUT2D eigenvalue weighted by Gasteiger charge is 2.21. The number of nitrogens with zero attached hydrogens (tertiary/aromatic N) is 4. The van der Waals surface area contributed by atoms with Gasteiger partial charge in [0.15, 0.2) is 0 Å². The van der Waals surface area contributed by atoms with E-state index < -0.39 is 0 Å². The van der Waals surface area contributed by atoms with Crippen LogP contribution < -0.4 is 4.74 Å². The summed E-state index contributed by atoms with van der Waals surface area (Å²) in [6, 6.07) is 13.9. The summed E-state index contributed by atoms with van der Waals surface area (Å²) in [4.78, 5) is 2.15. The van der Waals surface area contributed by atoms with Crippen molar-refractivity contribution in [1.29, 1.82) is 5.26 Å². The quantitative estimate of drug-likeness (QED) is 0.509. The van der Waals surface area contributed by atoms with Crippen molar-refractivity contribution in [3.05, 3.63) is 53.1 Å². The molecule has 180 valence electrons. The Balaban J connectivity index is 0.00000324. The summed E-state index contributed by atoms with van der Waals surface area (Å²) in [6.07, 6.45) is 1.73. The fraction of sp³-hybridized carbons (Fsp3) is 0.400. The highest BCUT2D eigenvalue weighted by molar-refractivity contribution is 7.17. The van der Waals surface area contributed by atoms with E-state index in [0.29, 0.717) is 11.3 Å². The van der Waals surface area contributed by atoms with Gasteiger partial charge >= 0.3 is 0 Å². The predicted molar refractivity (Wildman–Crippen MR) is 135 cm³/mol. The van der Waals surface area contributed by atoms with E-state index in [0.717, 1.165) is 47.1 Å². The van der Waals surface area contributed by atoms with E-state index in [-0.39, 0.29) is 37.8 Å². The summed E-state index contributed by atoms with van der Waals surface area (Å²) in [6.45, 7) is 5.40. The number of hydrogen-bond donors (Lipinski definition) is 2. The molecule has 1 aliphatic rings. The first-order chi connectivity index (χ1) is 16.0. The number of halogens is 1. The average molecular weight is 501 g/mol. The van der Waals surface area contributed by atoms with Crippen LogP contribution in [0.4, 0.5) is 0 Å². The van der Waals surface area contributed by atoms with Gasteiger partial charge in [-0.25, -0.2) is 0 Å². The van der Waals surface area contributed by atoms with Gasteiger partial charge in [-0.15, -0.1) is 22.6 Å². The number of hydrogen-bond acceptors (Lipinski definition) is 8. The Morgan fingerprint density at radius 2 is 1.62 bits per heavy atom. The topological polar surface area (TPSA) is 102 Å². The van der Waals surface area contributed by atoms with Crippen molar-refractivity contribution >= 4 is 23.7 Å². The van der Waals surface area contributed by atoms with Crippen molar-refractivity contribution in [2.75, 3.05) is 26.3 Å². The van der Waals surface area contributed by atoms with Crippen molar-refractivity contribution < 1.29 is 14.9 Å². The molecule has 0 aliphatic carbocycles. The number of rotatable bonds is 7. The number of ether oxygens (including phenoxy) is 1. The van der Waals surface area contributed by atoms with E-state index >= 15 is 0 Å². The van der Waals surface area contributed by atoms with Crippen LogP contribution >= 0.6 is 23.7 Å². The molecule has 7 nitrogen and oxygen atoms in total. The summed E-state index contributed by atoms with van der Waals surface area (Å²) in [7, 11) is 0. The molecule has 1 aliphatic heterocycles. The smallest absolute Gasteiger partial charge is 0.148 e. The summed E-state index contributed by atoms with van der Waals surface area (Å²) in [5.74, 6) is 0.574. The number of aliphatic hydroxyl groups excluding tert-OH is 2. The molecular formula is C25H29ClN4O3S. The third-order valence-electron chi connectivity index (χ3n) is 5.86. The lowest BCUT2D eigenvalue weighted by molar-refractivity contribution is 0.0769. The predicted octanol–water partition coefficient (Wildman–Crippen LogP) is 3.71. The largest absolute Gasteiger partial charge is 0.490 e. The molecule has 0 saturated heterocycles. The Hall–Kier alpha value is -2.54. The van der Waals surface area contributed by atoms with Crippen LogP contribution in [0.3, 0.4) is 0 Å². The highest BCUT2D eigenvalue weighted by Crippen LogP contribution is 2.33. The van der Waals surface area contributed by atoms with Crippen LogP contribution in [-0.2, 0) is 12.8 Å². The molecule has 0 saturated carbocycles. The number of benzene rings is 2. The summed E-state index contributed by atoms with van der Waals surface area (Å²) >= 11 is 1.50. The van der Waals surface area contributed by atoms with Crippen molar-refractivity contribution in [3.8, 4) is 33.0 Å². The molecule has 2 aromatic carbocycles. The van der Waals surface area contributed by atoms with Gasteiger partial charge in [0, 0.05) is 24.2 Å². The van der Waals surface area contributed by atoms with E-state index in [9.17, 15) is 15.5 Å². The van der Waals surface area contributed by atoms with Gasteiger partial charge in [0.1, 0.15) is 21.8 Å². The number of aliphatic hydroxyl groups is 2. The Bertz CT molecular complexity index is 1160. The molecule has 34 heavy (non-hydrogen) atoms. The van der Waals surface area contributed by atoms with Crippen LogP contribution in [0.1, 0.15) is 30.5 Å². The maximum Gasteiger partial charge on any atom is 0.148 e. The minimum Gasteiger partial charge on any atom is -0.490 e. The maximum absolute atomic E-state index is 9.52. The van der Waals surface area contributed by atoms with Crippen LogP contribution in [-0.4, -0.2) is 63.8 Å². The Kier molecular flexibility index (Phi) is 9.00. The molecule has 1 aromatic heterocycles. The Morgan fingerprint density at radius 1 is 1.00 bits per heavy atom. The van der Waals surface area contributed by atoms with Gasteiger partial charge in [0.05, 0.1) is 30.9 Å². The zero-order valence-corrected chi connectivity index (χ0v) is 20.9. The van der Waals surface area contributed by atoms with E-state index in [1.165, 1.54) is 22.5 Å². The SMILES string of the molecule is CC(C)Oc1ccc(-c2nnc(-c3ccc4c(c3)CCN(C(CO)CO)CC4)s2)cc1C#N.Cl. The van der Waals surface area contributed by atoms with Crippen molar-refractivity contribution in [2.45, 2.75) is 38.8 Å². The molecule has 3 aromatic rings. The number of nitriles is 1. The third-order valence-corrected chi connectivity index (χ3v) is 6.88. The molecule has 0 atom stereocenters. The van der Waals surface area contributed by atoms with Gasteiger partial charge < -0.3 is 14.9 Å². The zero-order valence-electron chi connectivity index (χ0n) is 19.3. The molecule has 0 unspecified atom stereocenters. The van der Waals surface area contributed by atoms with Gasteiger partial charge in [0.2, 0.25) is 0 Å². The first-order valence-electron chi connectivity index (χ1n) is 11.1. The normalized spacial score (nSPS) is 13.8. The van der Waals surface area contributed by atoms with Crippen LogP contribution in [0.25, 0.3) is 21.1 Å². The van der Waals surface area contributed by atoms with Gasteiger partial charge in [0.25, 0.3) is 0 Å². The fourth-order valence-electron chi connectivity index (χ4n) is 4.09. The molecule has 9 heteroatoms. The lowest BCUT2D eigenvalue weighted by atomic mass is 10.0. The molecule has 4 rings (SSSR count). The molecule has 0 bridgehead atoms. The van der Waals surface area contributed by atoms with Crippen LogP contribution in [0.5, 0.6) is 5.75 Å². The third kappa shape index (κ3) is 5.74. The molecular weight excluding hydrogens is 472 g/mol. The Morgan fingerprint density at radius 3 is 2.24 bits per heavy atom. The van der Waals surface area contributed by atoms with Crippen molar-refractivity contribution in [2.24, 2.45) is 0 Å². The fourth-order valence-corrected chi connectivity index (χ4v) is 4.93. The number of aromatic nitrogens is 2. The van der Waals surface area contributed by atoms with E-state index in [4.69, 9.17) is 4.74 Å². The summed E-state index contributed by atoms with van der Waals surface area (Å²) in [5.41, 5.74) is 4.91. The molecule has 0 amide bonds. The average Bonchev–Trinajstić information content (AvgIpc) is 3.22. The molecule has 2 N–H and O–H groups in total. The lowest BCUT2D eigenvalue weighted by Gasteiger charge is -2.27. The number of fused-ring (bicyclic) bond motifs is 1. The summed E-state index contributed by atoms with van der Waals surface area (Å²) in [5, 5.41) is 38.9. The van der Waals surface area contributed by atoms with Gasteiger partial charge in [-0.05, 0) is 62.1 Å². The first kappa shape index (κ1) is 26.1. The minimum absolute atomic E-state index is 0. The molecule has 0 radical (unpaired) electrons. The van der Waals surface area contributed by atoms with Crippen LogP contribution in [0.15, 0.2) is 36.4 Å². The second kappa shape index (κ2) is 11.7. The minimum atomic E-state index is -0.208. The lowest BCUT2D eigenvalue weighted by Crippen LogP contribution is -2.42. The van der Waals surface area contributed by atoms with Crippen molar-refractivity contribution in [3.63, 3.8) is 0 Å².